The molecule has 0 N–H and O–H groups in total. The van der Waals surface area contributed by atoms with Crippen LogP contribution in [0.2, 0.25) is 0 Å². The molecule has 1 heterocycles. The van der Waals surface area contributed by atoms with E-state index >= 15 is 0 Å². The van der Waals surface area contributed by atoms with Gasteiger partial charge in [-0.2, -0.15) is 0 Å². The maximum Gasteiger partial charge on any atom is 0.119 e. The van der Waals surface area contributed by atoms with Crippen molar-refractivity contribution in [3.8, 4) is 0 Å². The number of allylic oxidation sites excluding steroid dienone is 3. The molecule has 0 amide bonds. The Morgan fingerprint density at radius 3 is 2.75 bits per heavy atom. The van der Waals surface area contributed by atoms with Crippen molar-refractivity contribution < 1.29 is 9.13 Å². The van der Waals surface area contributed by atoms with E-state index in [4.69, 9.17) is 4.74 Å². The number of hydrogen-bond acceptors (Lipinski definition) is 1. The Balaban J connectivity index is 2.90. The third-order valence-electron chi connectivity index (χ3n) is 2.04. The van der Waals surface area contributed by atoms with Gasteiger partial charge >= 0.3 is 0 Å². The lowest BCUT2D eigenvalue weighted by Gasteiger charge is -2.20. The first-order chi connectivity index (χ1) is 5.63. The summed E-state index contributed by atoms with van der Waals surface area (Å²) in [5.41, 5.74) is 1.44. The molecular formula is C10H13FO. The second-order valence-electron chi connectivity index (χ2n) is 2.88. The molecule has 66 valence electrons. The van der Waals surface area contributed by atoms with Crippen molar-refractivity contribution >= 4 is 0 Å². The first-order valence-electron chi connectivity index (χ1n) is 3.99. The van der Waals surface area contributed by atoms with Crippen LogP contribution < -0.4 is 0 Å². The highest BCUT2D eigenvalue weighted by molar-refractivity contribution is 5.37. The first-order valence-corrected chi connectivity index (χ1v) is 3.99. The van der Waals surface area contributed by atoms with Crippen LogP contribution in [0.4, 0.5) is 4.39 Å². The van der Waals surface area contributed by atoms with Crippen LogP contribution in [0.15, 0.2) is 35.9 Å². The molecule has 1 rings (SSSR count). The Labute approximate surface area is 72.2 Å². The van der Waals surface area contributed by atoms with Crippen molar-refractivity contribution in [2.75, 3.05) is 6.61 Å². The third-order valence-corrected chi connectivity index (χ3v) is 2.04. The van der Waals surface area contributed by atoms with Gasteiger partial charge in [-0.25, -0.2) is 4.39 Å². The van der Waals surface area contributed by atoms with Crippen LogP contribution in [0.1, 0.15) is 19.8 Å². The van der Waals surface area contributed by atoms with Gasteiger partial charge in [0.2, 0.25) is 0 Å². The van der Waals surface area contributed by atoms with E-state index in [-0.39, 0.29) is 0 Å². The topological polar surface area (TPSA) is 9.23 Å². The normalized spacial score (nSPS) is 21.7. The van der Waals surface area contributed by atoms with E-state index in [0.29, 0.717) is 17.9 Å². The van der Waals surface area contributed by atoms with Gasteiger partial charge in [0.25, 0.3) is 0 Å². The second-order valence-corrected chi connectivity index (χ2v) is 2.88. The monoisotopic (exact) mass is 168 g/mol. The largest absolute Gasteiger partial charge is 0.494 e. The predicted octanol–water partition coefficient (Wildman–Crippen LogP) is 3.11. The number of halogens is 1. The number of ether oxygens (including phenoxy) is 1. The fourth-order valence-corrected chi connectivity index (χ4v) is 1.23. The molecule has 0 radical (unpaired) electrons. The highest BCUT2D eigenvalue weighted by atomic mass is 19.1. The molecule has 0 aliphatic carbocycles. The van der Waals surface area contributed by atoms with E-state index in [1.165, 1.54) is 0 Å². The van der Waals surface area contributed by atoms with Crippen molar-refractivity contribution in [3.63, 3.8) is 0 Å². The van der Waals surface area contributed by atoms with E-state index < -0.39 is 5.83 Å². The highest BCUT2D eigenvalue weighted by Gasteiger charge is 2.14. The predicted molar refractivity (Wildman–Crippen MR) is 47.3 cm³/mol. The van der Waals surface area contributed by atoms with Gasteiger partial charge in [0.1, 0.15) is 11.6 Å². The average Bonchev–Trinajstić information content (AvgIpc) is 2.04. The van der Waals surface area contributed by atoms with E-state index in [2.05, 4.69) is 13.2 Å². The maximum absolute atomic E-state index is 12.7. The summed E-state index contributed by atoms with van der Waals surface area (Å²) in [5.74, 6) is 0.203. The minimum Gasteiger partial charge on any atom is -0.494 e. The summed E-state index contributed by atoms with van der Waals surface area (Å²) in [7, 11) is 0. The van der Waals surface area contributed by atoms with Gasteiger partial charge in [-0.1, -0.05) is 13.2 Å². The van der Waals surface area contributed by atoms with Crippen molar-refractivity contribution in [2.45, 2.75) is 19.8 Å². The van der Waals surface area contributed by atoms with Crippen LogP contribution in [-0.4, -0.2) is 6.61 Å². The van der Waals surface area contributed by atoms with Crippen molar-refractivity contribution in [2.24, 2.45) is 0 Å². The smallest absolute Gasteiger partial charge is 0.119 e. The molecule has 0 aromatic rings. The van der Waals surface area contributed by atoms with E-state index in [1.54, 1.807) is 6.92 Å². The van der Waals surface area contributed by atoms with Crippen molar-refractivity contribution in [3.05, 3.63) is 35.9 Å². The van der Waals surface area contributed by atoms with Crippen molar-refractivity contribution in [1.82, 2.24) is 0 Å². The summed E-state index contributed by atoms with van der Waals surface area (Å²) in [5, 5.41) is 0. The lowest BCUT2D eigenvalue weighted by atomic mass is 10.0. The Morgan fingerprint density at radius 2 is 2.25 bits per heavy atom. The van der Waals surface area contributed by atoms with E-state index in [1.807, 2.05) is 0 Å². The fourth-order valence-electron chi connectivity index (χ4n) is 1.23. The molecular weight excluding hydrogens is 155 g/mol. The SMILES string of the molecule is C=C(F)/C(C)=C1/CCCOC1=C. The molecule has 0 saturated carbocycles. The van der Waals surface area contributed by atoms with Crippen LogP contribution in [-0.2, 0) is 4.74 Å². The molecule has 1 nitrogen and oxygen atoms in total. The lowest BCUT2D eigenvalue weighted by Crippen LogP contribution is -2.07. The second kappa shape index (κ2) is 3.57. The molecule has 0 unspecified atom stereocenters. The van der Waals surface area contributed by atoms with Crippen LogP contribution in [0.5, 0.6) is 0 Å². The molecule has 1 saturated heterocycles. The van der Waals surface area contributed by atoms with E-state index in [0.717, 1.165) is 18.4 Å². The van der Waals surface area contributed by atoms with Gasteiger partial charge in [0.05, 0.1) is 6.61 Å². The average molecular weight is 168 g/mol. The van der Waals surface area contributed by atoms with Crippen LogP contribution in [0.25, 0.3) is 0 Å². The molecule has 12 heavy (non-hydrogen) atoms. The molecule has 1 aliphatic rings. The summed E-state index contributed by atoms with van der Waals surface area (Å²) < 4.78 is 17.9. The van der Waals surface area contributed by atoms with Crippen LogP contribution in [0, 0.1) is 0 Å². The van der Waals surface area contributed by atoms with Gasteiger partial charge in [-0.15, -0.1) is 0 Å². The Hall–Kier alpha value is -1.05. The molecule has 2 heteroatoms. The van der Waals surface area contributed by atoms with E-state index in [9.17, 15) is 4.39 Å². The van der Waals surface area contributed by atoms with Gasteiger partial charge in [-0.3, -0.25) is 0 Å². The fraction of sp³-hybridized carbons (Fsp3) is 0.400. The summed E-state index contributed by atoms with van der Waals surface area (Å²) >= 11 is 0. The van der Waals surface area contributed by atoms with Gasteiger partial charge < -0.3 is 4.74 Å². The molecule has 0 atom stereocenters. The van der Waals surface area contributed by atoms with Gasteiger partial charge in [0.15, 0.2) is 0 Å². The third kappa shape index (κ3) is 1.76. The standard InChI is InChI=1S/C10H13FO/c1-7(8(2)11)10-5-4-6-12-9(10)3/h2-6H2,1H3/b10-7-. The summed E-state index contributed by atoms with van der Waals surface area (Å²) in [6, 6.07) is 0. The molecule has 0 aromatic heterocycles. The highest BCUT2D eigenvalue weighted by Crippen LogP contribution is 2.27. The summed E-state index contributed by atoms with van der Waals surface area (Å²) in [4.78, 5) is 0. The molecule has 1 fully saturated rings. The first kappa shape index (κ1) is 9.04. The Kier molecular flexibility index (Phi) is 2.69. The minimum atomic E-state index is -0.392. The molecule has 0 bridgehead atoms. The quantitative estimate of drug-likeness (QED) is 0.584. The molecule has 0 aromatic carbocycles. The van der Waals surface area contributed by atoms with Gasteiger partial charge in [-0.05, 0) is 30.9 Å². The van der Waals surface area contributed by atoms with Crippen LogP contribution >= 0.6 is 0 Å². The zero-order valence-electron chi connectivity index (χ0n) is 7.32. The summed E-state index contributed by atoms with van der Waals surface area (Å²) in [6.07, 6.45) is 1.77. The number of rotatable bonds is 1. The Morgan fingerprint density at radius 1 is 1.58 bits per heavy atom. The Bertz CT molecular complexity index is 251. The van der Waals surface area contributed by atoms with Gasteiger partial charge in [0, 0.05) is 0 Å². The summed E-state index contributed by atoms with van der Waals surface area (Å²) in [6.45, 7) is 9.35. The minimum absolute atomic E-state index is 0.392. The molecule has 0 spiro atoms. The maximum atomic E-state index is 12.7. The van der Waals surface area contributed by atoms with Crippen molar-refractivity contribution in [1.29, 1.82) is 0 Å². The van der Waals surface area contributed by atoms with Crippen LogP contribution in [0.3, 0.4) is 0 Å². The molecule has 1 aliphatic heterocycles. The number of hydrogen-bond donors (Lipinski definition) is 0. The lowest BCUT2D eigenvalue weighted by molar-refractivity contribution is 0.194. The zero-order valence-corrected chi connectivity index (χ0v) is 7.32. The zero-order chi connectivity index (χ0) is 9.14.